The highest BCUT2D eigenvalue weighted by molar-refractivity contribution is 5.99. The van der Waals surface area contributed by atoms with Crippen LogP contribution in [-0.4, -0.2) is 40.3 Å². The van der Waals surface area contributed by atoms with Crippen molar-refractivity contribution >= 4 is 11.8 Å². The molecular weight excluding hydrogens is 260 g/mol. The van der Waals surface area contributed by atoms with E-state index in [0.29, 0.717) is 12.8 Å². The topological polar surface area (TPSA) is 76.1 Å². The first-order valence-electron chi connectivity index (χ1n) is 7.09. The maximum absolute atomic E-state index is 12.2. The molecule has 5 heteroatoms. The lowest BCUT2D eigenvalue weighted by molar-refractivity contribution is -0.144. The van der Waals surface area contributed by atoms with Crippen LogP contribution in [0.15, 0.2) is 12.2 Å². The number of esters is 1. The molecule has 0 radical (unpaired) electrons. The SMILES string of the molecule is CC1C(=O)OC2C1CCC(C)(O)C=CC(=O)C1(C)OC21. The lowest BCUT2D eigenvalue weighted by Gasteiger charge is -2.25. The third kappa shape index (κ3) is 2.00. The van der Waals surface area contributed by atoms with E-state index < -0.39 is 11.2 Å². The largest absolute Gasteiger partial charge is 0.459 e. The van der Waals surface area contributed by atoms with Gasteiger partial charge in [-0.05, 0) is 38.8 Å². The lowest BCUT2D eigenvalue weighted by atomic mass is 9.80. The Balaban J connectivity index is 1.94. The number of fused-ring (bicyclic) bond motifs is 3. The fourth-order valence-corrected chi connectivity index (χ4v) is 3.26. The summed E-state index contributed by atoms with van der Waals surface area (Å²) >= 11 is 0. The number of carbonyl (C=O) groups is 2. The Kier molecular flexibility index (Phi) is 2.86. The van der Waals surface area contributed by atoms with Gasteiger partial charge in [-0.3, -0.25) is 9.59 Å². The molecule has 2 heterocycles. The number of epoxide rings is 1. The number of hydrogen-bond acceptors (Lipinski definition) is 5. The summed E-state index contributed by atoms with van der Waals surface area (Å²) < 4.78 is 11.0. The summed E-state index contributed by atoms with van der Waals surface area (Å²) in [5.41, 5.74) is -1.97. The second kappa shape index (κ2) is 4.15. The predicted octanol–water partition coefficient (Wildman–Crippen LogP) is 0.992. The number of ether oxygens (including phenoxy) is 2. The van der Waals surface area contributed by atoms with Gasteiger partial charge >= 0.3 is 5.97 Å². The van der Waals surface area contributed by atoms with E-state index in [0.717, 1.165) is 0 Å². The third-order valence-corrected chi connectivity index (χ3v) is 4.91. The Morgan fingerprint density at radius 3 is 2.75 bits per heavy atom. The molecule has 5 nitrogen and oxygen atoms in total. The number of ketones is 1. The molecule has 6 unspecified atom stereocenters. The second-order valence-electron chi connectivity index (χ2n) is 6.59. The van der Waals surface area contributed by atoms with Crippen LogP contribution >= 0.6 is 0 Å². The molecule has 0 spiro atoms. The molecule has 2 fully saturated rings. The Morgan fingerprint density at radius 1 is 1.35 bits per heavy atom. The molecule has 0 amide bonds. The van der Waals surface area contributed by atoms with E-state index in [9.17, 15) is 14.7 Å². The Bertz CT molecular complexity index is 494. The minimum absolute atomic E-state index is 0.0138. The van der Waals surface area contributed by atoms with Gasteiger partial charge in [-0.1, -0.05) is 6.92 Å². The zero-order valence-electron chi connectivity index (χ0n) is 12.0. The molecule has 2 aliphatic heterocycles. The van der Waals surface area contributed by atoms with Crippen LogP contribution in [0.1, 0.15) is 33.6 Å². The number of rotatable bonds is 0. The van der Waals surface area contributed by atoms with Gasteiger partial charge in [-0.2, -0.15) is 0 Å². The molecule has 0 saturated carbocycles. The smallest absolute Gasteiger partial charge is 0.309 e. The summed E-state index contributed by atoms with van der Waals surface area (Å²) in [6.07, 6.45) is 3.33. The summed E-state index contributed by atoms with van der Waals surface area (Å²) in [4.78, 5) is 24.0. The normalized spacial score (nSPS) is 51.2. The van der Waals surface area contributed by atoms with Crippen molar-refractivity contribution in [3.8, 4) is 0 Å². The zero-order chi connectivity index (χ0) is 14.7. The van der Waals surface area contributed by atoms with E-state index in [1.807, 2.05) is 6.92 Å². The van der Waals surface area contributed by atoms with Crippen molar-refractivity contribution in [2.24, 2.45) is 11.8 Å². The van der Waals surface area contributed by atoms with Crippen LogP contribution in [0.3, 0.4) is 0 Å². The van der Waals surface area contributed by atoms with E-state index in [4.69, 9.17) is 9.47 Å². The van der Waals surface area contributed by atoms with Crippen molar-refractivity contribution in [3.05, 3.63) is 12.2 Å². The van der Waals surface area contributed by atoms with Crippen molar-refractivity contribution < 1.29 is 24.2 Å². The average molecular weight is 280 g/mol. The van der Waals surface area contributed by atoms with Crippen molar-refractivity contribution in [2.75, 3.05) is 0 Å². The van der Waals surface area contributed by atoms with Crippen LogP contribution in [-0.2, 0) is 19.1 Å². The minimum atomic E-state index is -1.05. The Hall–Kier alpha value is -1.20. The van der Waals surface area contributed by atoms with Gasteiger partial charge in [0.1, 0.15) is 12.2 Å². The molecule has 3 aliphatic rings. The summed E-state index contributed by atoms with van der Waals surface area (Å²) in [7, 11) is 0. The van der Waals surface area contributed by atoms with Gasteiger partial charge in [0, 0.05) is 5.92 Å². The van der Waals surface area contributed by atoms with E-state index in [2.05, 4.69) is 0 Å². The van der Waals surface area contributed by atoms with Crippen LogP contribution < -0.4 is 0 Å². The highest BCUT2D eigenvalue weighted by Crippen LogP contribution is 2.48. The van der Waals surface area contributed by atoms with Crippen LogP contribution in [0.2, 0.25) is 0 Å². The predicted molar refractivity (Wildman–Crippen MR) is 69.8 cm³/mol. The third-order valence-electron chi connectivity index (χ3n) is 4.91. The maximum atomic E-state index is 12.2. The number of aliphatic hydroxyl groups is 1. The first-order valence-corrected chi connectivity index (χ1v) is 7.09. The number of carbonyl (C=O) groups excluding carboxylic acids is 2. The van der Waals surface area contributed by atoms with Crippen molar-refractivity contribution in [1.82, 2.24) is 0 Å². The van der Waals surface area contributed by atoms with Crippen LogP contribution in [0.4, 0.5) is 0 Å². The second-order valence-corrected chi connectivity index (χ2v) is 6.59. The van der Waals surface area contributed by atoms with Crippen LogP contribution in [0.5, 0.6) is 0 Å². The Morgan fingerprint density at radius 2 is 2.05 bits per heavy atom. The molecule has 1 aliphatic carbocycles. The highest BCUT2D eigenvalue weighted by atomic mass is 16.7. The van der Waals surface area contributed by atoms with Crippen LogP contribution in [0.25, 0.3) is 0 Å². The van der Waals surface area contributed by atoms with Crippen molar-refractivity contribution in [3.63, 3.8) is 0 Å². The maximum Gasteiger partial charge on any atom is 0.309 e. The minimum Gasteiger partial charge on any atom is -0.459 e. The van der Waals surface area contributed by atoms with Gasteiger partial charge in [-0.25, -0.2) is 0 Å². The Labute approximate surface area is 117 Å². The zero-order valence-corrected chi connectivity index (χ0v) is 12.0. The molecule has 6 atom stereocenters. The molecule has 2 saturated heterocycles. The van der Waals surface area contributed by atoms with Gasteiger partial charge in [0.05, 0.1) is 11.5 Å². The molecule has 0 aromatic carbocycles. The first kappa shape index (κ1) is 13.8. The van der Waals surface area contributed by atoms with Gasteiger partial charge in [0.2, 0.25) is 0 Å². The fourth-order valence-electron chi connectivity index (χ4n) is 3.26. The van der Waals surface area contributed by atoms with E-state index in [-0.39, 0.29) is 35.8 Å². The summed E-state index contributed by atoms with van der Waals surface area (Å²) in [5, 5.41) is 10.3. The lowest BCUT2D eigenvalue weighted by Crippen LogP contribution is -2.35. The highest BCUT2D eigenvalue weighted by Gasteiger charge is 2.66. The van der Waals surface area contributed by atoms with Gasteiger partial charge in [0.25, 0.3) is 0 Å². The summed E-state index contributed by atoms with van der Waals surface area (Å²) in [5.74, 6) is -0.654. The molecule has 0 aromatic rings. The van der Waals surface area contributed by atoms with Crippen molar-refractivity contribution in [1.29, 1.82) is 0 Å². The quantitative estimate of drug-likeness (QED) is 0.529. The van der Waals surface area contributed by atoms with E-state index >= 15 is 0 Å². The molecule has 20 heavy (non-hydrogen) atoms. The fraction of sp³-hybridized carbons (Fsp3) is 0.733. The molecule has 1 N–H and O–H groups in total. The van der Waals surface area contributed by atoms with Gasteiger partial charge < -0.3 is 14.6 Å². The van der Waals surface area contributed by atoms with E-state index in [1.54, 1.807) is 13.8 Å². The monoisotopic (exact) mass is 280 g/mol. The van der Waals surface area contributed by atoms with Crippen LogP contribution in [0, 0.1) is 11.8 Å². The standard InChI is InChI=1S/C15H20O5/c1-8-9-4-6-14(2,18)7-5-10(16)15(3)12(20-15)11(9)19-13(8)17/h5,7-9,11-12,18H,4,6H2,1-3H3. The van der Waals surface area contributed by atoms with Crippen molar-refractivity contribution in [2.45, 2.75) is 57.0 Å². The average Bonchev–Trinajstić information content (AvgIpc) is 2.98. The summed E-state index contributed by atoms with van der Waals surface area (Å²) in [6.45, 7) is 5.22. The van der Waals surface area contributed by atoms with Gasteiger partial charge in [0.15, 0.2) is 11.4 Å². The molecular formula is C15H20O5. The molecule has 110 valence electrons. The summed E-state index contributed by atoms with van der Waals surface area (Å²) in [6, 6.07) is 0. The molecule has 3 rings (SSSR count). The number of hydrogen-bond donors (Lipinski definition) is 1. The van der Waals surface area contributed by atoms with Gasteiger partial charge in [-0.15, -0.1) is 0 Å². The first-order chi connectivity index (χ1) is 9.24. The molecule has 0 aromatic heterocycles. The molecule has 0 bridgehead atoms. The van der Waals surface area contributed by atoms with E-state index in [1.165, 1.54) is 12.2 Å².